The van der Waals surface area contributed by atoms with Crippen molar-refractivity contribution in [2.75, 3.05) is 23.4 Å². The zero-order valence-electron chi connectivity index (χ0n) is 13.8. The van der Waals surface area contributed by atoms with E-state index in [2.05, 4.69) is 52.5 Å². The van der Waals surface area contributed by atoms with Gasteiger partial charge in [-0.2, -0.15) is 4.98 Å². The molecule has 1 saturated heterocycles. The lowest BCUT2D eigenvalue weighted by molar-refractivity contribution is 0.181. The van der Waals surface area contributed by atoms with Crippen LogP contribution in [-0.2, 0) is 4.74 Å². The molecule has 6 heteroatoms. The number of rotatable bonds is 4. The first-order valence-electron chi connectivity index (χ1n) is 8.23. The van der Waals surface area contributed by atoms with Gasteiger partial charge >= 0.3 is 6.09 Å². The average molecular weight is 334 g/mol. The quantitative estimate of drug-likeness (QED) is 0.787. The van der Waals surface area contributed by atoms with Gasteiger partial charge in [0.15, 0.2) is 0 Å². The van der Waals surface area contributed by atoms with Crippen LogP contribution in [0.3, 0.4) is 0 Å². The Bertz CT molecular complexity index is 928. The lowest BCUT2D eigenvalue weighted by atomic mass is 10.0. The fourth-order valence-electron chi connectivity index (χ4n) is 2.92. The van der Waals surface area contributed by atoms with Crippen LogP contribution in [0, 0.1) is 0 Å². The number of nitrogens with zero attached hydrogens (tertiary/aromatic N) is 3. The van der Waals surface area contributed by atoms with E-state index in [4.69, 9.17) is 4.74 Å². The number of ether oxygens (including phenoxy) is 1. The number of anilines is 2. The smallest absolute Gasteiger partial charge is 0.415 e. The molecule has 6 nitrogen and oxygen atoms in total. The van der Waals surface area contributed by atoms with Gasteiger partial charge in [-0.3, -0.25) is 4.90 Å². The van der Waals surface area contributed by atoms with Gasteiger partial charge in [-0.15, -0.1) is 0 Å². The fraction of sp³-hybridized carbons (Fsp3) is 0.211. The Morgan fingerprint density at radius 1 is 1.16 bits per heavy atom. The number of carbonyl (C=O) groups excluding carboxylic acids is 1. The van der Waals surface area contributed by atoms with E-state index >= 15 is 0 Å². The van der Waals surface area contributed by atoms with Gasteiger partial charge in [-0.25, -0.2) is 9.78 Å². The Balaban J connectivity index is 1.55. The van der Waals surface area contributed by atoms with Crippen LogP contribution in [0.15, 0.2) is 54.7 Å². The Morgan fingerprint density at radius 3 is 2.80 bits per heavy atom. The SMILES string of the molecule is CC(Nc1nccc(N2CCOC2=O)n1)c1ccc2ccccc2c1. The van der Waals surface area contributed by atoms with Gasteiger partial charge in [0.05, 0.1) is 12.6 Å². The molecule has 3 aromatic rings. The summed E-state index contributed by atoms with van der Waals surface area (Å²) in [4.78, 5) is 21.9. The molecule has 4 rings (SSSR count). The Hall–Kier alpha value is -3.15. The van der Waals surface area contributed by atoms with Crippen LogP contribution in [0.5, 0.6) is 0 Å². The molecular weight excluding hydrogens is 316 g/mol. The van der Waals surface area contributed by atoms with Crippen LogP contribution < -0.4 is 10.2 Å². The van der Waals surface area contributed by atoms with Crippen molar-refractivity contribution in [1.82, 2.24) is 9.97 Å². The van der Waals surface area contributed by atoms with Gasteiger partial charge in [0.1, 0.15) is 12.4 Å². The summed E-state index contributed by atoms with van der Waals surface area (Å²) in [6, 6.07) is 16.4. The van der Waals surface area contributed by atoms with E-state index in [0.29, 0.717) is 24.9 Å². The largest absolute Gasteiger partial charge is 0.447 e. The fourth-order valence-corrected chi connectivity index (χ4v) is 2.92. The number of fused-ring (bicyclic) bond motifs is 1. The third-order valence-corrected chi connectivity index (χ3v) is 4.30. The third-order valence-electron chi connectivity index (χ3n) is 4.30. The minimum Gasteiger partial charge on any atom is -0.447 e. The second-order valence-electron chi connectivity index (χ2n) is 5.98. The topological polar surface area (TPSA) is 67.3 Å². The van der Waals surface area contributed by atoms with Crippen LogP contribution in [0.4, 0.5) is 16.6 Å². The van der Waals surface area contributed by atoms with E-state index in [1.165, 1.54) is 15.7 Å². The predicted octanol–water partition coefficient (Wildman–Crippen LogP) is 3.76. The average Bonchev–Trinajstić information content (AvgIpc) is 3.07. The molecule has 2 heterocycles. The number of nitrogens with one attached hydrogen (secondary N) is 1. The monoisotopic (exact) mass is 334 g/mol. The van der Waals surface area contributed by atoms with E-state index in [0.717, 1.165) is 5.56 Å². The summed E-state index contributed by atoms with van der Waals surface area (Å²) in [5, 5.41) is 5.71. The lowest BCUT2D eigenvalue weighted by Crippen LogP contribution is -2.25. The van der Waals surface area contributed by atoms with E-state index in [9.17, 15) is 4.79 Å². The standard InChI is InChI=1S/C19H18N4O2/c1-13(15-7-6-14-4-2-3-5-16(14)12-15)21-18-20-9-8-17(22-18)23-10-11-25-19(23)24/h2-9,12-13H,10-11H2,1H3,(H,20,21,22). The second kappa shape index (κ2) is 6.39. The van der Waals surface area contributed by atoms with Crippen molar-refractivity contribution in [3.8, 4) is 0 Å². The first kappa shape index (κ1) is 15.4. The molecule has 1 amide bonds. The minimum absolute atomic E-state index is 0.0328. The molecule has 1 aliphatic heterocycles. The Labute approximate surface area is 145 Å². The van der Waals surface area contributed by atoms with E-state index in [1.807, 2.05) is 12.1 Å². The van der Waals surface area contributed by atoms with Gasteiger partial charge in [0.2, 0.25) is 5.95 Å². The molecule has 0 radical (unpaired) electrons. The molecule has 25 heavy (non-hydrogen) atoms. The summed E-state index contributed by atoms with van der Waals surface area (Å²) >= 11 is 0. The van der Waals surface area contributed by atoms with Crippen LogP contribution in [0.1, 0.15) is 18.5 Å². The Kier molecular flexibility index (Phi) is 3.93. The molecule has 1 unspecified atom stereocenters. The van der Waals surface area contributed by atoms with Crippen molar-refractivity contribution in [2.24, 2.45) is 0 Å². The van der Waals surface area contributed by atoms with Crippen molar-refractivity contribution >= 4 is 28.6 Å². The molecule has 1 aromatic heterocycles. The Morgan fingerprint density at radius 2 is 2.00 bits per heavy atom. The maximum atomic E-state index is 11.7. The molecule has 1 atom stereocenters. The number of hydrogen-bond donors (Lipinski definition) is 1. The number of aromatic nitrogens is 2. The number of amides is 1. The number of hydrogen-bond acceptors (Lipinski definition) is 5. The van der Waals surface area contributed by atoms with Crippen LogP contribution >= 0.6 is 0 Å². The normalized spacial score (nSPS) is 15.2. The molecular formula is C19H18N4O2. The van der Waals surface area contributed by atoms with Crippen molar-refractivity contribution in [2.45, 2.75) is 13.0 Å². The first-order valence-corrected chi connectivity index (χ1v) is 8.23. The first-order chi connectivity index (χ1) is 12.2. The predicted molar refractivity (Wildman–Crippen MR) is 96.7 cm³/mol. The lowest BCUT2D eigenvalue weighted by Gasteiger charge is -2.17. The highest BCUT2D eigenvalue weighted by Gasteiger charge is 2.25. The van der Waals surface area contributed by atoms with Gasteiger partial charge < -0.3 is 10.1 Å². The van der Waals surface area contributed by atoms with Crippen molar-refractivity contribution < 1.29 is 9.53 Å². The zero-order chi connectivity index (χ0) is 17.2. The van der Waals surface area contributed by atoms with Crippen molar-refractivity contribution in [3.05, 3.63) is 60.3 Å². The third kappa shape index (κ3) is 3.10. The maximum absolute atomic E-state index is 11.7. The summed E-state index contributed by atoms with van der Waals surface area (Å²) in [6.45, 7) is 2.96. The molecule has 1 fully saturated rings. The minimum atomic E-state index is -0.368. The van der Waals surface area contributed by atoms with Crippen molar-refractivity contribution in [3.63, 3.8) is 0 Å². The number of benzene rings is 2. The van der Waals surface area contributed by atoms with E-state index < -0.39 is 0 Å². The van der Waals surface area contributed by atoms with E-state index in [-0.39, 0.29) is 12.1 Å². The number of cyclic esters (lactones) is 1. The van der Waals surface area contributed by atoms with Gasteiger partial charge in [0.25, 0.3) is 0 Å². The highest BCUT2D eigenvalue weighted by molar-refractivity contribution is 5.88. The summed E-state index contributed by atoms with van der Waals surface area (Å²) in [7, 11) is 0. The highest BCUT2D eigenvalue weighted by atomic mass is 16.6. The molecule has 0 bridgehead atoms. The highest BCUT2D eigenvalue weighted by Crippen LogP contribution is 2.23. The molecule has 2 aromatic carbocycles. The number of carbonyl (C=O) groups is 1. The maximum Gasteiger partial charge on any atom is 0.415 e. The molecule has 0 spiro atoms. The summed E-state index contributed by atoms with van der Waals surface area (Å²) in [5.74, 6) is 1.03. The van der Waals surface area contributed by atoms with Gasteiger partial charge in [0, 0.05) is 6.20 Å². The molecule has 1 aliphatic rings. The van der Waals surface area contributed by atoms with Crippen molar-refractivity contribution in [1.29, 1.82) is 0 Å². The molecule has 0 aliphatic carbocycles. The second-order valence-corrected chi connectivity index (χ2v) is 5.98. The van der Waals surface area contributed by atoms with Crippen LogP contribution in [0.2, 0.25) is 0 Å². The van der Waals surface area contributed by atoms with E-state index in [1.54, 1.807) is 12.3 Å². The summed E-state index contributed by atoms with van der Waals surface area (Å²) in [6.07, 6.45) is 1.27. The van der Waals surface area contributed by atoms with Gasteiger partial charge in [-0.1, -0.05) is 36.4 Å². The van der Waals surface area contributed by atoms with Crippen LogP contribution in [0.25, 0.3) is 10.8 Å². The summed E-state index contributed by atoms with van der Waals surface area (Å²) < 4.78 is 4.96. The molecule has 1 N–H and O–H groups in total. The zero-order valence-corrected chi connectivity index (χ0v) is 13.8. The summed E-state index contributed by atoms with van der Waals surface area (Å²) in [5.41, 5.74) is 1.15. The molecule has 0 saturated carbocycles. The van der Waals surface area contributed by atoms with Gasteiger partial charge in [-0.05, 0) is 35.4 Å². The van der Waals surface area contributed by atoms with Crippen LogP contribution in [-0.4, -0.2) is 29.2 Å². The molecule has 126 valence electrons.